The number of carbonyl (C=O) groups is 1. The lowest BCUT2D eigenvalue weighted by atomic mass is 10.0. The molecule has 0 saturated carbocycles. The SMILES string of the molecule is CCCCCSc1cc(OC)c(CC(CC)NC(=O)OCc2ccccc2)cc1OC. The molecule has 170 valence electrons. The summed E-state index contributed by atoms with van der Waals surface area (Å²) >= 11 is 1.79. The van der Waals surface area contributed by atoms with Gasteiger partial charge in [-0.05, 0) is 48.3 Å². The fourth-order valence-electron chi connectivity index (χ4n) is 3.23. The normalized spacial score (nSPS) is 11.6. The predicted molar refractivity (Wildman–Crippen MR) is 127 cm³/mol. The Morgan fingerprint density at radius 3 is 2.42 bits per heavy atom. The van der Waals surface area contributed by atoms with E-state index in [9.17, 15) is 4.79 Å². The van der Waals surface area contributed by atoms with Gasteiger partial charge in [0.1, 0.15) is 18.1 Å². The van der Waals surface area contributed by atoms with Crippen molar-refractivity contribution in [2.24, 2.45) is 0 Å². The average Bonchev–Trinajstić information content (AvgIpc) is 2.80. The van der Waals surface area contributed by atoms with E-state index in [2.05, 4.69) is 12.2 Å². The Kier molecular flexibility index (Phi) is 11.1. The van der Waals surface area contributed by atoms with Gasteiger partial charge in [-0.15, -0.1) is 11.8 Å². The van der Waals surface area contributed by atoms with Gasteiger partial charge in [0.25, 0.3) is 0 Å². The van der Waals surface area contributed by atoms with Gasteiger partial charge in [0.2, 0.25) is 0 Å². The minimum absolute atomic E-state index is 0.0649. The summed E-state index contributed by atoms with van der Waals surface area (Å²) in [5, 5.41) is 2.97. The van der Waals surface area contributed by atoms with Gasteiger partial charge in [0.15, 0.2) is 0 Å². The van der Waals surface area contributed by atoms with Crippen LogP contribution in [0.5, 0.6) is 11.5 Å². The fourth-order valence-corrected chi connectivity index (χ4v) is 4.28. The molecule has 0 fully saturated rings. The van der Waals surface area contributed by atoms with Crippen LogP contribution in [0.1, 0.15) is 50.7 Å². The number of unbranched alkanes of at least 4 members (excludes halogenated alkanes) is 2. The van der Waals surface area contributed by atoms with Gasteiger partial charge in [-0.1, -0.05) is 57.0 Å². The minimum Gasteiger partial charge on any atom is -0.496 e. The summed E-state index contributed by atoms with van der Waals surface area (Å²) in [7, 11) is 3.37. The number of methoxy groups -OCH3 is 2. The van der Waals surface area contributed by atoms with Crippen LogP contribution in [0.25, 0.3) is 0 Å². The van der Waals surface area contributed by atoms with Crippen LogP contribution >= 0.6 is 11.8 Å². The molecular weight excluding hydrogens is 410 g/mol. The van der Waals surface area contributed by atoms with Crippen molar-refractivity contribution in [1.29, 1.82) is 0 Å². The highest BCUT2D eigenvalue weighted by atomic mass is 32.2. The third-order valence-corrected chi connectivity index (χ3v) is 6.19. The van der Waals surface area contributed by atoms with Crippen molar-refractivity contribution < 1.29 is 19.0 Å². The summed E-state index contributed by atoms with van der Waals surface area (Å²) < 4.78 is 16.7. The third-order valence-electron chi connectivity index (χ3n) is 5.07. The molecule has 0 aliphatic heterocycles. The number of ether oxygens (including phenoxy) is 3. The maximum atomic E-state index is 12.3. The molecule has 0 spiro atoms. The Labute approximate surface area is 190 Å². The van der Waals surface area contributed by atoms with E-state index in [4.69, 9.17) is 14.2 Å². The van der Waals surface area contributed by atoms with E-state index in [1.54, 1.807) is 26.0 Å². The molecule has 0 aliphatic rings. The monoisotopic (exact) mass is 445 g/mol. The molecule has 1 N–H and O–H groups in total. The number of alkyl carbamates (subject to hydrolysis) is 1. The minimum atomic E-state index is -0.412. The van der Waals surface area contributed by atoms with Crippen LogP contribution in [0, 0.1) is 0 Å². The van der Waals surface area contributed by atoms with Gasteiger partial charge in [-0.25, -0.2) is 4.79 Å². The lowest BCUT2D eigenvalue weighted by Gasteiger charge is -2.20. The zero-order chi connectivity index (χ0) is 22.5. The predicted octanol–water partition coefficient (Wildman–Crippen LogP) is 6.23. The second kappa shape index (κ2) is 13.9. The van der Waals surface area contributed by atoms with Crippen molar-refractivity contribution in [2.75, 3.05) is 20.0 Å². The van der Waals surface area contributed by atoms with Gasteiger partial charge in [-0.2, -0.15) is 0 Å². The van der Waals surface area contributed by atoms with Crippen molar-refractivity contribution >= 4 is 17.9 Å². The third kappa shape index (κ3) is 8.37. The molecule has 0 aromatic heterocycles. The number of amides is 1. The molecule has 2 rings (SSSR count). The topological polar surface area (TPSA) is 56.8 Å². The second-order valence-corrected chi connectivity index (χ2v) is 8.52. The Morgan fingerprint density at radius 2 is 1.77 bits per heavy atom. The van der Waals surface area contributed by atoms with E-state index >= 15 is 0 Å². The first kappa shape index (κ1) is 24.9. The van der Waals surface area contributed by atoms with Crippen LogP contribution in [0.15, 0.2) is 47.4 Å². The van der Waals surface area contributed by atoms with E-state index in [0.29, 0.717) is 6.42 Å². The smallest absolute Gasteiger partial charge is 0.407 e. The Bertz CT molecular complexity index is 798. The number of benzene rings is 2. The molecular formula is C25H35NO4S. The van der Waals surface area contributed by atoms with Crippen LogP contribution in [-0.2, 0) is 17.8 Å². The second-order valence-electron chi connectivity index (χ2n) is 7.39. The molecule has 0 bridgehead atoms. The number of hydrogen-bond acceptors (Lipinski definition) is 5. The summed E-state index contributed by atoms with van der Waals surface area (Å²) in [6, 6.07) is 13.7. The molecule has 2 aromatic carbocycles. The largest absolute Gasteiger partial charge is 0.496 e. The van der Waals surface area contributed by atoms with E-state index < -0.39 is 6.09 Å². The average molecular weight is 446 g/mol. The Balaban J connectivity index is 2.01. The van der Waals surface area contributed by atoms with E-state index in [1.165, 1.54) is 19.3 Å². The molecule has 0 aliphatic carbocycles. The molecule has 6 heteroatoms. The van der Waals surface area contributed by atoms with Gasteiger partial charge < -0.3 is 19.5 Å². The van der Waals surface area contributed by atoms with Gasteiger partial charge in [0, 0.05) is 6.04 Å². The van der Waals surface area contributed by atoms with Crippen LogP contribution < -0.4 is 14.8 Å². The molecule has 0 saturated heterocycles. The number of rotatable bonds is 13. The lowest BCUT2D eigenvalue weighted by molar-refractivity contribution is 0.135. The van der Waals surface area contributed by atoms with Gasteiger partial charge in [0.05, 0.1) is 19.1 Å². The Morgan fingerprint density at radius 1 is 1.03 bits per heavy atom. The quantitative estimate of drug-likeness (QED) is 0.292. The first-order chi connectivity index (χ1) is 15.1. The van der Waals surface area contributed by atoms with Gasteiger partial charge >= 0.3 is 6.09 Å². The number of carbonyl (C=O) groups excluding carboxylic acids is 1. The fraction of sp³-hybridized carbons (Fsp3) is 0.480. The maximum absolute atomic E-state index is 12.3. The standard InChI is InChI=1S/C25H35NO4S/c1-5-7-11-14-31-24-17-22(28-3)20(16-23(24)29-4)15-21(6-2)26-25(27)30-18-19-12-9-8-10-13-19/h8-10,12-13,16-17,21H,5-7,11,14-15,18H2,1-4H3,(H,26,27). The van der Waals surface area contributed by atoms with Gasteiger partial charge in [-0.3, -0.25) is 0 Å². The highest BCUT2D eigenvalue weighted by Crippen LogP contribution is 2.36. The van der Waals surface area contributed by atoms with Crippen molar-refractivity contribution in [2.45, 2.75) is 63.5 Å². The molecule has 1 amide bonds. The Hall–Kier alpha value is -2.34. The number of thioether (sulfide) groups is 1. The van der Waals surface area contributed by atoms with Crippen molar-refractivity contribution in [3.63, 3.8) is 0 Å². The molecule has 31 heavy (non-hydrogen) atoms. The maximum Gasteiger partial charge on any atom is 0.407 e. The highest BCUT2D eigenvalue weighted by Gasteiger charge is 2.18. The van der Waals surface area contributed by atoms with Crippen molar-refractivity contribution in [3.8, 4) is 11.5 Å². The van der Waals surface area contributed by atoms with E-state index in [1.807, 2.05) is 49.4 Å². The highest BCUT2D eigenvalue weighted by molar-refractivity contribution is 7.99. The van der Waals surface area contributed by atoms with Crippen LogP contribution in [0.4, 0.5) is 4.79 Å². The molecule has 5 nitrogen and oxygen atoms in total. The molecule has 0 heterocycles. The number of nitrogens with one attached hydrogen (secondary N) is 1. The summed E-state index contributed by atoms with van der Waals surface area (Å²) in [6.07, 6.45) is 4.62. The molecule has 2 aromatic rings. The van der Waals surface area contributed by atoms with E-state index in [-0.39, 0.29) is 12.6 Å². The van der Waals surface area contributed by atoms with Crippen molar-refractivity contribution in [1.82, 2.24) is 5.32 Å². The first-order valence-corrected chi connectivity index (χ1v) is 11.9. The molecule has 1 atom stereocenters. The molecule has 1 unspecified atom stereocenters. The molecule has 0 radical (unpaired) electrons. The number of hydrogen-bond donors (Lipinski definition) is 1. The van der Waals surface area contributed by atoms with Crippen LogP contribution in [0.2, 0.25) is 0 Å². The van der Waals surface area contributed by atoms with Crippen LogP contribution in [-0.4, -0.2) is 32.1 Å². The zero-order valence-electron chi connectivity index (χ0n) is 19.1. The zero-order valence-corrected chi connectivity index (χ0v) is 19.9. The summed E-state index contributed by atoms with van der Waals surface area (Å²) in [6.45, 7) is 4.51. The first-order valence-electron chi connectivity index (χ1n) is 11.0. The summed E-state index contributed by atoms with van der Waals surface area (Å²) in [4.78, 5) is 13.4. The summed E-state index contributed by atoms with van der Waals surface area (Å²) in [5.74, 6) is 2.72. The lowest BCUT2D eigenvalue weighted by Crippen LogP contribution is -2.36. The van der Waals surface area contributed by atoms with Crippen molar-refractivity contribution in [3.05, 3.63) is 53.6 Å². The van der Waals surface area contributed by atoms with Crippen LogP contribution in [0.3, 0.4) is 0 Å². The summed E-state index contributed by atoms with van der Waals surface area (Å²) in [5.41, 5.74) is 1.97. The van der Waals surface area contributed by atoms with E-state index in [0.717, 1.165) is 39.7 Å².